The Labute approximate surface area is 83.7 Å². The Bertz CT molecular complexity index is 421. The van der Waals surface area contributed by atoms with E-state index in [2.05, 4.69) is 4.72 Å². The van der Waals surface area contributed by atoms with Gasteiger partial charge in [-0.15, -0.1) is 0 Å². The molecule has 1 aliphatic rings. The Kier molecular flexibility index (Phi) is 2.20. The summed E-state index contributed by atoms with van der Waals surface area (Å²) in [7, 11) is -3.27. The highest BCUT2D eigenvalue weighted by Crippen LogP contribution is 2.16. The molecule has 0 radical (unpaired) electrons. The van der Waals surface area contributed by atoms with Crippen molar-refractivity contribution in [3.05, 3.63) is 29.8 Å². The highest BCUT2D eigenvalue weighted by Gasteiger charge is 2.31. The SMILES string of the molecule is Cc1ccc(NS(=O)(=O)N2CC2)cc1. The molecule has 1 heterocycles. The molecule has 1 aromatic rings. The van der Waals surface area contributed by atoms with Crippen LogP contribution in [-0.4, -0.2) is 25.8 Å². The maximum Gasteiger partial charge on any atom is 0.301 e. The summed E-state index contributed by atoms with van der Waals surface area (Å²) < 4.78 is 26.8. The molecule has 0 saturated carbocycles. The van der Waals surface area contributed by atoms with E-state index in [4.69, 9.17) is 0 Å². The van der Waals surface area contributed by atoms with Gasteiger partial charge in [-0.3, -0.25) is 4.72 Å². The van der Waals surface area contributed by atoms with Crippen LogP contribution in [-0.2, 0) is 10.2 Å². The monoisotopic (exact) mass is 212 g/mol. The van der Waals surface area contributed by atoms with Crippen LogP contribution in [0.15, 0.2) is 24.3 Å². The number of nitrogens with zero attached hydrogens (tertiary/aromatic N) is 1. The molecule has 1 aliphatic heterocycles. The van der Waals surface area contributed by atoms with Crippen molar-refractivity contribution >= 4 is 15.9 Å². The minimum Gasteiger partial charge on any atom is -0.271 e. The second-order valence-corrected chi connectivity index (χ2v) is 5.04. The van der Waals surface area contributed by atoms with Gasteiger partial charge in [0.05, 0.1) is 0 Å². The highest BCUT2D eigenvalue weighted by atomic mass is 32.2. The predicted octanol–water partition coefficient (Wildman–Crippen LogP) is 0.967. The third kappa shape index (κ3) is 2.05. The summed E-state index contributed by atoms with van der Waals surface area (Å²) in [5.41, 5.74) is 1.72. The van der Waals surface area contributed by atoms with Crippen LogP contribution in [0.3, 0.4) is 0 Å². The number of aryl methyl sites for hydroxylation is 1. The van der Waals surface area contributed by atoms with Gasteiger partial charge in [0.25, 0.3) is 0 Å². The van der Waals surface area contributed by atoms with E-state index in [0.717, 1.165) is 5.56 Å². The van der Waals surface area contributed by atoms with Crippen LogP contribution in [0.5, 0.6) is 0 Å². The minimum atomic E-state index is -3.27. The van der Waals surface area contributed by atoms with Gasteiger partial charge in [-0.05, 0) is 19.1 Å². The van der Waals surface area contributed by atoms with Gasteiger partial charge in [0.15, 0.2) is 0 Å². The molecule has 0 aliphatic carbocycles. The normalized spacial score (nSPS) is 16.6. The fourth-order valence-electron chi connectivity index (χ4n) is 1.12. The Hall–Kier alpha value is -1.07. The van der Waals surface area contributed by atoms with Gasteiger partial charge in [-0.2, -0.15) is 12.7 Å². The van der Waals surface area contributed by atoms with Gasteiger partial charge >= 0.3 is 10.2 Å². The molecular weight excluding hydrogens is 200 g/mol. The topological polar surface area (TPSA) is 49.2 Å². The largest absolute Gasteiger partial charge is 0.301 e. The van der Waals surface area contributed by atoms with E-state index in [1.165, 1.54) is 4.31 Å². The lowest BCUT2D eigenvalue weighted by Crippen LogP contribution is -2.20. The summed E-state index contributed by atoms with van der Waals surface area (Å²) in [5.74, 6) is 0. The van der Waals surface area contributed by atoms with Crippen molar-refractivity contribution in [1.82, 2.24) is 4.31 Å². The first-order valence-corrected chi connectivity index (χ1v) is 5.86. The van der Waals surface area contributed by atoms with Crippen LogP contribution in [0.25, 0.3) is 0 Å². The quantitative estimate of drug-likeness (QED) is 0.759. The highest BCUT2D eigenvalue weighted by molar-refractivity contribution is 7.90. The number of nitrogens with one attached hydrogen (secondary N) is 1. The van der Waals surface area contributed by atoms with Gasteiger partial charge < -0.3 is 0 Å². The van der Waals surface area contributed by atoms with Crippen molar-refractivity contribution in [3.8, 4) is 0 Å². The van der Waals surface area contributed by atoms with E-state index in [9.17, 15) is 8.42 Å². The molecule has 0 atom stereocenters. The fraction of sp³-hybridized carbons (Fsp3) is 0.333. The molecule has 0 amide bonds. The van der Waals surface area contributed by atoms with Crippen LogP contribution in [0.2, 0.25) is 0 Å². The molecule has 0 unspecified atom stereocenters. The van der Waals surface area contributed by atoms with Crippen LogP contribution >= 0.6 is 0 Å². The molecule has 5 heteroatoms. The number of anilines is 1. The Morgan fingerprint density at radius 1 is 1.21 bits per heavy atom. The lowest BCUT2D eigenvalue weighted by Gasteiger charge is -2.07. The Morgan fingerprint density at radius 2 is 1.79 bits per heavy atom. The van der Waals surface area contributed by atoms with Gasteiger partial charge in [0.2, 0.25) is 0 Å². The first-order chi connectivity index (χ1) is 6.58. The zero-order valence-corrected chi connectivity index (χ0v) is 8.71. The summed E-state index contributed by atoms with van der Waals surface area (Å²) in [5, 5.41) is 0. The van der Waals surface area contributed by atoms with E-state index in [1.54, 1.807) is 12.1 Å². The molecule has 0 spiro atoms. The third-order valence-corrected chi connectivity index (χ3v) is 3.58. The fourth-order valence-corrected chi connectivity index (χ4v) is 2.24. The van der Waals surface area contributed by atoms with E-state index < -0.39 is 10.2 Å². The molecule has 4 nitrogen and oxygen atoms in total. The summed E-state index contributed by atoms with van der Waals surface area (Å²) in [6.45, 7) is 3.21. The van der Waals surface area contributed by atoms with Crippen LogP contribution in [0, 0.1) is 6.92 Å². The molecule has 1 saturated heterocycles. The average Bonchev–Trinajstić information content (AvgIpc) is 2.91. The van der Waals surface area contributed by atoms with Gasteiger partial charge in [0, 0.05) is 18.8 Å². The first kappa shape index (κ1) is 9.48. The van der Waals surface area contributed by atoms with Crippen molar-refractivity contribution in [2.75, 3.05) is 17.8 Å². The Balaban J connectivity index is 2.14. The second-order valence-electron chi connectivity index (χ2n) is 3.37. The molecule has 2 rings (SSSR count). The van der Waals surface area contributed by atoms with Gasteiger partial charge in [0.1, 0.15) is 0 Å². The summed E-state index contributed by atoms with van der Waals surface area (Å²) in [6, 6.07) is 7.27. The van der Waals surface area contributed by atoms with Crippen molar-refractivity contribution in [3.63, 3.8) is 0 Å². The van der Waals surface area contributed by atoms with Gasteiger partial charge in [-0.1, -0.05) is 17.7 Å². The van der Waals surface area contributed by atoms with E-state index >= 15 is 0 Å². The van der Waals surface area contributed by atoms with Crippen LogP contribution < -0.4 is 4.72 Å². The number of hydrogen-bond donors (Lipinski definition) is 1. The lowest BCUT2D eigenvalue weighted by molar-refractivity contribution is 0.569. The molecule has 1 aromatic carbocycles. The zero-order chi connectivity index (χ0) is 10.2. The number of rotatable bonds is 3. The smallest absolute Gasteiger partial charge is 0.271 e. The van der Waals surface area contributed by atoms with E-state index in [-0.39, 0.29) is 0 Å². The van der Waals surface area contributed by atoms with E-state index in [0.29, 0.717) is 18.8 Å². The first-order valence-electron chi connectivity index (χ1n) is 4.42. The molecule has 1 fully saturated rings. The van der Waals surface area contributed by atoms with Crippen molar-refractivity contribution < 1.29 is 8.42 Å². The number of hydrogen-bond acceptors (Lipinski definition) is 2. The van der Waals surface area contributed by atoms with Gasteiger partial charge in [-0.25, -0.2) is 0 Å². The Morgan fingerprint density at radius 3 is 2.29 bits per heavy atom. The van der Waals surface area contributed by atoms with Crippen LogP contribution in [0.1, 0.15) is 5.56 Å². The predicted molar refractivity (Wildman–Crippen MR) is 55.3 cm³/mol. The second kappa shape index (κ2) is 3.25. The maximum atomic E-state index is 11.5. The van der Waals surface area contributed by atoms with Crippen LogP contribution in [0.4, 0.5) is 5.69 Å². The third-order valence-electron chi connectivity index (χ3n) is 2.04. The maximum absolute atomic E-state index is 11.5. The number of benzene rings is 1. The van der Waals surface area contributed by atoms with Crippen molar-refractivity contribution in [2.45, 2.75) is 6.92 Å². The summed E-state index contributed by atoms with van der Waals surface area (Å²) in [6.07, 6.45) is 0. The minimum absolute atomic E-state index is 0.613. The standard InChI is InChI=1S/C9H12N2O2S/c1-8-2-4-9(5-3-8)10-14(12,13)11-6-7-11/h2-5,10H,6-7H2,1H3. The molecule has 0 aromatic heterocycles. The lowest BCUT2D eigenvalue weighted by atomic mass is 10.2. The molecule has 0 bridgehead atoms. The zero-order valence-electron chi connectivity index (χ0n) is 7.90. The summed E-state index contributed by atoms with van der Waals surface area (Å²) in [4.78, 5) is 0. The van der Waals surface area contributed by atoms with Crippen molar-refractivity contribution in [1.29, 1.82) is 0 Å². The van der Waals surface area contributed by atoms with Crippen molar-refractivity contribution in [2.24, 2.45) is 0 Å². The molecule has 76 valence electrons. The van der Waals surface area contributed by atoms with E-state index in [1.807, 2.05) is 19.1 Å². The molecule has 14 heavy (non-hydrogen) atoms. The molecule has 1 N–H and O–H groups in total. The average molecular weight is 212 g/mol. The molecular formula is C9H12N2O2S. The summed E-state index contributed by atoms with van der Waals surface area (Å²) >= 11 is 0.